The van der Waals surface area contributed by atoms with E-state index >= 15 is 0 Å². The molecule has 0 fully saturated rings. The summed E-state index contributed by atoms with van der Waals surface area (Å²) in [6, 6.07) is 11.1. The maximum absolute atomic E-state index is 13.5. The minimum Gasteiger partial charge on any atom is -0.493 e. The van der Waals surface area contributed by atoms with Crippen LogP contribution >= 0.6 is 0 Å². The maximum atomic E-state index is 13.5. The number of amides is 1. The molecule has 0 aliphatic heterocycles. The number of aliphatic hydroxyl groups excluding tert-OH is 1. The molecule has 0 aromatic heterocycles. The standard InChI is InChI=1S/C34H52FN5O5/c1-7-24(4)30(20-37-19-26-11-13-28(35)14-12-26)38-34(42)29(23(2)3)18-32(41)31(39-40-36)22-44-21-27-10-9-25(5)33(17-27)45-16-8-15-43-6/h9-14,17,23-24,29-32,37,41H,7-8,15-16,18-22H2,1-6H3,(H,38,42)/t24-,29-,30+,31-,32-/m0/s1. The molecule has 0 heterocycles. The number of azide groups is 1. The number of methoxy groups -OCH3 is 1. The topological polar surface area (TPSA) is 138 Å². The lowest BCUT2D eigenvalue weighted by Gasteiger charge is -2.30. The molecule has 0 bridgehead atoms. The Balaban J connectivity index is 1.97. The van der Waals surface area contributed by atoms with Gasteiger partial charge in [-0.15, -0.1) is 0 Å². The summed E-state index contributed by atoms with van der Waals surface area (Å²) >= 11 is 0. The summed E-state index contributed by atoms with van der Waals surface area (Å²) in [5.74, 6) is -0.0291. The number of hydrogen-bond donors (Lipinski definition) is 3. The van der Waals surface area contributed by atoms with Gasteiger partial charge in [0.05, 0.1) is 32.0 Å². The van der Waals surface area contributed by atoms with Crippen molar-refractivity contribution in [1.82, 2.24) is 10.6 Å². The molecule has 3 N–H and O–H groups in total. The minimum absolute atomic E-state index is 0.00162. The summed E-state index contributed by atoms with van der Waals surface area (Å²) in [5.41, 5.74) is 12.0. The first-order chi connectivity index (χ1) is 21.6. The zero-order valence-corrected chi connectivity index (χ0v) is 27.7. The van der Waals surface area contributed by atoms with E-state index in [-0.39, 0.29) is 49.2 Å². The van der Waals surface area contributed by atoms with Crippen LogP contribution in [0.2, 0.25) is 0 Å². The lowest BCUT2D eigenvalue weighted by Crippen LogP contribution is -2.49. The number of halogens is 1. The number of carbonyl (C=O) groups excluding carboxylic acids is 1. The number of ether oxygens (including phenoxy) is 3. The number of benzene rings is 2. The highest BCUT2D eigenvalue weighted by Crippen LogP contribution is 2.23. The van der Waals surface area contributed by atoms with Crippen molar-refractivity contribution in [3.63, 3.8) is 0 Å². The van der Waals surface area contributed by atoms with Crippen LogP contribution in [0.3, 0.4) is 0 Å². The SMILES string of the molecule is CC[C@H](C)[C@@H](CNCc1ccc(F)cc1)NC(=O)[C@@H](C[C@H](O)[C@H](COCc1ccc(C)c(OCCCOC)c1)N=[N+]=[N-])C(C)C. The van der Waals surface area contributed by atoms with E-state index in [1.807, 2.05) is 39.0 Å². The third-order valence-corrected chi connectivity index (χ3v) is 8.11. The number of rotatable bonds is 22. The van der Waals surface area contributed by atoms with Crippen LogP contribution in [0.1, 0.15) is 63.6 Å². The second-order valence-electron chi connectivity index (χ2n) is 12.0. The largest absolute Gasteiger partial charge is 0.493 e. The van der Waals surface area contributed by atoms with Gasteiger partial charge in [-0.1, -0.05) is 63.5 Å². The first-order valence-corrected chi connectivity index (χ1v) is 15.9. The third-order valence-electron chi connectivity index (χ3n) is 8.11. The summed E-state index contributed by atoms with van der Waals surface area (Å²) in [4.78, 5) is 16.5. The summed E-state index contributed by atoms with van der Waals surface area (Å²) in [6.07, 6.45) is 0.702. The maximum Gasteiger partial charge on any atom is 0.223 e. The molecule has 5 atom stereocenters. The Hall–Kier alpha value is -3.21. The summed E-state index contributed by atoms with van der Waals surface area (Å²) in [7, 11) is 1.66. The van der Waals surface area contributed by atoms with Crippen molar-refractivity contribution in [2.24, 2.45) is 22.9 Å². The number of nitrogens with zero attached hydrogens (tertiary/aromatic N) is 3. The molecule has 250 valence electrons. The summed E-state index contributed by atoms with van der Waals surface area (Å²) in [6.45, 7) is 12.5. The van der Waals surface area contributed by atoms with Gasteiger partial charge < -0.3 is 30.0 Å². The van der Waals surface area contributed by atoms with Crippen LogP contribution in [0.4, 0.5) is 4.39 Å². The lowest BCUT2D eigenvalue weighted by molar-refractivity contribution is -0.128. The first-order valence-electron chi connectivity index (χ1n) is 15.9. The van der Waals surface area contributed by atoms with Crippen molar-refractivity contribution in [3.8, 4) is 5.75 Å². The zero-order chi connectivity index (χ0) is 33.2. The van der Waals surface area contributed by atoms with Crippen molar-refractivity contribution < 1.29 is 28.5 Å². The van der Waals surface area contributed by atoms with Gasteiger partial charge in [0, 0.05) is 50.1 Å². The van der Waals surface area contributed by atoms with E-state index in [4.69, 9.17) is 14.2 Å². The first kappa shape index (κ1) is 38.0. The predicted octanol–water partition coefficient (Wildman–Crippen LogP) is 6.09. The van der Waals surface area contributed by atoms with E-state index in [2.05, 4.69) is 34.5 Å². The van der Waals surface area contributed by atoms with Gasteiger partial charge in [-0.2, -0.15) is 0 Å². The Labute approximate surface area is 267 Å². The van der Waals surface area contributed by atoms with Gasteiger partial charge in [-0.25, -0.2) is 4.39 Å². The van der Waals surface area contributed by atoms with Crippen LogP contribution in [-0.2, 0) is 27.4 Å². The van der Waals surface area contributed by atoms with E-state index in [1.54, 1.807) is 19.2 Å². The number of aliphatic hydroxyl groups is 1. The minimum atomic E-state index is -1.07. The Morgan fingerprint density at radius 3 is 2.47 bits per heavy atom. The monoisotopic (exact) mass is 629 g/mol. The number of nitrogens with one attached hydrogen (secondary N) is 2. The predicted molar refractivity (Wildman–Crippen MR) is 174 cm³/mol. The van der Waals surface area contributed by atoms with Crippen LogP contribution in [-0.4, -0.2) is 62.7 Å². The Morgan fingerprint density at radius 1 is 1.11 bits per heavy atom. The summed E-state index contributed by atoms with van der Waals surface area (Å²) < 4.78 is 30.0. The lowest BCUT2D eigenvalue weighted by atomic mass is 9.86. The van der Waals surface area contributed by atoms with Crippen molar-refractivity contribution in [2.45, 2.75) is 85.2 Å². The zero-order valence-electron chi connectivity index (χ0n) is 27.7. The smallest absolute Gasteiger partial charge is 0.223 e. The highest BCUT2D eigenvalue weighted by molar-refractivity contribution is 5.79. The van der Waals surface area contributed by atoms with Gasteiger partial charge >= 0.3 is 0 Å². The van der Waals surface area contributed by atoms with Gasteiger partial charge in [0.15, 0.2) is 0 Å². The van der Waals surface area contributed by atoms with Gasteiger partial charge in [-0.3, -0.25) is 4.79 Å². The van der Waals surface area contributed by atoms with Crippen LogP contribution in [0.25, 0.3) is 10.4 Å². The van der Waals surface area contributed by atoms with Crippen LogP contribution < -0.4 is 15.4 Å². The molecular formula is C34H52FN5O5. The molecule has 2 rings (SSSR count). The number of hydrogen-bond acceptors (Lipinski definition) is 7. The Bertz CT molecular complexity index is 1190. The van der Waals surface area contributed by atoms with Gasteiger partial charge in [0.25, 0.3) is 0 Å². The molecule has 11 heteroatoms. The Morgan fingerprint density at radius 2 is 1.82 bits per heavy atom. The second-order valence-corrected chi connectivity index (χ2v) is 12.0. The van der Waals surface area contributed by atoms with Crippen LogP contribution in [0.5, 0.6) is 5.75 Å². The van der Waals surface area contributed by atoms with E-state index in [9.17, 15) is 19.8 Å². The van der Waals surface area contributed by atoms with Gasteiger partial charge in [0.1, 0.15) is 11.6 Å². The molecule has 0 unspecified atom stereocenters. The van der Waals surface area contributed by atoms with Crippen LogP contribution in [0, 0.1) is 30.5 Å². The molecule has 0 aliphatic carbocycles. The van der Waals surface area contributed by atoms with Gasteiger partial charge in [0.2, 0.25) is 5.91 Å². The van der Waals surface area contributed by atoms with E-state index in [1.165, 1.54) is 12.1 Å². The molecule has 0 saturated heterocycles. The molecule has 1 amide bonds. The molecule has 0 saturated carbocycles. The van der Waals surface area contributed by atoms with Gasteiger partial charge in [-0.05, 0) is 65.6 Å². The number of carbonyl (C=O) groups is 1. The van der Waals surface area contributed by atoms with Crippen molar-refractivity contribution in [2.75, 3.05) is 33.5 Å². The third kappa shape index (κ3) is 13.8. The Kier molecular flexibility index (Phi) is 17.5. The molecule has 0 aliphatic rings. The van der Waals surface area contributed by atoms with E-state index < -0.39 is 18.1 Å². The summed E-state index contributed by atoms with van der Waals surface area (Å²) in [5, 5.41) is 21.5. The molecule has 10 nitrogen and oxygen atoms in total. The van der Waals surface area contributed by atoms with Crippen molar-refractivity contribution >= 4 is 5.91 Å². The normalized spacial score (nSPS) is 14.7. The fourth-order valence-electron chi connectivity index (χ4n) is 4.90. The molecule has 0 radical (unpaired) electrons. The fraction of sp³-hybridized carbons (Fsp3) is 0.618. The van der Waals surface area contributed by atoms with Crippen LogP contribution in [0.15, 0.2) is 47.6 Å². The average molecular weight is 630 g/mol. The van der Waals surface area contributed by atoms with E-state index in [0.29, 0.717) is 26.3 Å². The van der Waals surface area contributed by atoms with E-state index in [0.717, 1.165) is 35.3 Å². The fourth-order valence-corrected chi connectivity index (χ4v) is 4.90. The average Bonchev–Trinajstić information content (AvgIpc) is 3.02. The van der Waals surface area contributed by atoms with Crippen molar-refractivity contribution in [1.29, 1.82) is 0 Å². The number of aryl methyl sites for hydroxylation is 1. The molecule has 45 heavy (non-hydrogen) atoms. The highest BCUT2D eigenvalue weighted by atomic mass is 19.1. The molecule has 2 aromatic rings. The van der Waals surface area contributed by atoms with Crippen molar-refractivity contribution in [3.05, 3.63) is 75.4 Å². The quantitative estimate of drug-likeness (QED) is 0.0624. The molecule has 0 spiro atoms. The molecule has 2 aromatic carbocycles. The molecular weight excluding hydrogens is 577 g/mol. The highest BCUT2D eigenvalue weighted by Gasteiger charge is 2.31. The second kappa shape index (κ2) is 20.7.